The first kappa shape index (κ1) is 24.2. The standard InChI is InChI=1S/C22H29NO7Si/c1-27-20-12-16(7-9-19(20)30-15-29-10-11-31(3,4)5)6-8-17-13-18(23(25)26)14-21(28-2)22(17)24/h6-9,12-14,24H,10-11,15H2,1-5H3. The Balaban J connectivity index is 2.12. The van der Waals surface area contributed by atoms with Gasteiger partial charge in [-0.25, -0.2) is 0 Å². The first-order valence-electron chi connectivity index (χ1n) is 9.76. The number of methoxy groups -OCH3 is 2. The summed E-state index contributed by atoms with van der Waals surface area (Å²) in [5.74, 6) is 0.931. The van der Waals surface area contributed by atoms with Gasteiger partial charge >= 0.3 is 0 Å². The van der Waals surface area contributed by atoms with E-state index in [0.29, 0.717) is 18.1 Å². The maximum atomic E-state index is 11.1. The molecule has 31 heavy (non-hydrogen) atoms. The molecule has 0 saturated heterocycles. The number of ether oxygens (including phenoxy) is 4. The second-order valence-electron chi connectivity index (χ2n) is 8.07. The van der Waals surface area contributed by atoms with Crippen molar-refractivity contribution >= 4 is 25.9 Å². The third-order valence-electron chi connectivity index (χ3n) is 4.46. The van der Waals surface area contributed by atoms with Crippen molar-refractivity contribution in [3.63, 3.8) is 0 Å². The van der Waals surface area contributed by atoms with Gasteiger partial charge in [-0.1, -0.05) is 37.9 Å². The van der Waals surface area contributed by atoms with Crippen LogP contribution in [0.25, 0.3) is 12.2 Å². The normalized spacial score (nSPS) is 11.5. The Labute approximate surface area is 183 Å². The van der Waals surface area contributed by atoms with Gasteiger partial charge in [0.15, 0.2) is 29.8 Å². The van der Waals surface area contributed by atoms with E-state index in [1.54, 1.807) is 31.4 Å². The SMILES string of the molecule is COc1cc(C=Cc2cc([N+](=O)[O-])cc(OC)c2O)ccc1OCOCC[Si](C)(C)C. The fourth-order valence-corrected chi connectivity index (χ4v) is 3.39. The molecule has 0 aliphatic rings. The predicted molar refractivity (Wildman–Crippen MR) is 123 cm³/mol. The van der Waals surface area contributed by atoms with Crippen molar-refractivity contribution in [2.45, 2.75) is 25.7 Å². The van der Waals surface area contributed by atoms with E-state index in [2.05, 4.69) is 19.6 Å². The Morgan fingerprint density at radius 1 is 1.03 bits per heavy atom. The zero-order chi connectivity index (χ0) is 23.0. The number of non-ortho nitro benzene ring substituents is 1. The van der Waals surface area contributed by atoms with E-state index in [1.807, 2.05) is 6.07 Å². The average Bonchev–Trinajstić information content (AvgIpc) is 2.72. The van der Waals surface area contributed by atoms with Crippen LogP contribution in [0.2, 0.25) is 25.7 Å². The Kier molecular flexibility index (Phi) is 8.46. The van der Waals surface area contributed by atoms with E-state index in [0.717, 1.165) is 11.6 Å². The molecule has 0 heterocycles. The quantitative estimate of drug-likeness (QED) is 0.126. The van der Waals surface area contributed by atoms with E-state index in [4.69, 9.17) is 18.9 Å². The lowest BCUT2D eigenvalue weighted by Crippen LogP contribution is -2.22. The average molecular weight is 448 g/mol. The summed E-state index contributed by atoms with van der Waals surface area (Å²) in [6.07, 6.45) is 3.27. The molecule has 0 saturated carbocycles. The number of hydrogen-bond acceptors (Lipinski definition) is 7. The van der Waals surface area contributed by atoms with Crippen LogP contribution in [-0.2, 0) is 4.74 Å². The van der Waals surface area contributed by atoms with E-state index in [1.165, 1.54) is 19.2 Å². The van der Waals surface area contributed by atoms with Crippen molar-refractivity contribution < 1.29 is 29.0 Å². The molecule has 1 N–H and O–H groups in total. The fraction of sp³-hybridized carbons (Fsp3) is 0.364. The Bertz CT molecular complexity index is 938. The van der Waals surface area contributed by atoms with Crippen LogP contribution in [0.15, 0.2) is 30.3 Å². The number of hydrogen-bond donors (Lipinski definition) is 1. The molecule has 0 radical (unpaired) electrons. The molecule has 0 amide bonds. The molecule has 0 aromatic heterocycles. The maximum Gasteiger partial charge on any atom is 0.274 e. The zero-order valence-corrected chi connectivity index (χ0v) is 19.5. The highest BCUT2D eigenvalue weighted by molar-refractivity contribution is 6.76. The molecule has 168 valence electrons. The molecule has 0 aliphatic carbocycles. The second-order valence-corrected chi connectivity index (χ2v) is 13.7. The van der Waals surface area contributed by atoms with Gasteiger partial charge < -0.3 is 24.1 Å². The Morgan fingerprint density at radius 2 is 1.74 bits per heavy atom. The summed E-state index contributed by atoms with van der Waals surface area (Å²) in [5.41, 5.74) is 0.847. The number of phenolic OH excluding ortho intramolecular Hbond substituents is 1. The summed E-state index contributed by atoms with van der Waals surface area (Å²) in [6, 6.07) is 8.84. The van der Waals surface area contributed by atoms with E-state index < -0.39 is 13.0 Å². The van der Waals surface area contributed by atoms with Crippen molar-refractivity contribution in [1.29, 1.82) is 0 Å². The molecule has 2 rings (SSSR count). The lowest BCUT2D eigenvalue weighted by atomic mass is 10.1. The van der Waals surface area contributed by atoms with Crippen molar-refractivity contribution in [3.05, 3.63) is 51.6 Å². The minimum atomic E-state index is -1.14. The minimum Gasteiger partial charge on any atom is -0.504 e. The smallest absolute Gasteiger partial charge is 0.274 e. The molecule has 0 atom stereocenters. The number of aromatic hydroxyl groups is 1. The molecule has 0 fully saturated rings. The summed E-state index contributed by atoms with van der Waals surface area (Å²) in [4.78, 5) is 10.6. The lowest BCUT2D eigenvalue weighted by Gasteiger charge is -2.16. The van der Waals surface area contributed by atoms with Gasteiger partial charge in [0, 0.05) is 26.3 Å². The highest BCUT2D eigenvalue weighted by Gasteiger charge is 2.15. The molecule has 0 aliphatic heterocycles. The van der Waals surface area contributed by atoms with Gasteiger partial charge in [-0.2, -0.15) is 0 Å². The maximum absolute atomic E-state index is 11.1. The summed E-state index contributed by atoms with van der Waals surface area (Å²) < 4.78 is 21.6. The van der Waals surface area contributed by atoms with Gasteiger partial charge in [-0.05, 0) is 23.7 Å². The third-order valence-corrected chi connectivity index (χ3v) is 6.16. The molecular weight excluding hydrogens is 418 g/mol. The van der Waals surface area contributed by atoms with Crippen LogP contribution in [0.3, 0.4) is 0 Å². The van der Waals surface area contributed by atoms with Crippen LogP contribution < -0.4 is 14.2 Å². The van der Waals surface area contributed by atoms with Crippen LogP contribution in [0.4, 0.5) is 5.69 Å². The van der Waals surface area contributed by atoms with Crippen molar-refractivity contribution in [2.24, 2.45) is 0 Å². The molecule has 0 bridgehead atoms. The predicted octanol–water partition coefficient (Wildman–Crippen LogP) is 5.18. The topological polar surface area (TPSA) is 100 Å². The van der Waals surface area contributed by atoms with Gasteiger partial charge in [-0.15, -0.1) is 0 Å². The highest BCUT2D eigenvalue weighted by Crippen LogP contribution is 2.36. The summed E-state index contributed by atoms with van der Waals surface area (Å²) in [5, 5.41) is 21.4. The molecule has 9 heteroatoms. The number of nitro benzene ring substituents is 1. The highest BCUT2D eigenvalue weighted by atomic mass is 28.3. The number of rotatable bonds is 11. The largest absolute Gasteiger partial charge is 0.504 e. The summed E-state index contributed by atoms with van der Waals surface area (Å²) in [6.45, 7) is 7.66. The van der Waals surface area contributed by atoms with Crippen LogP contribution in [0.1, 0.15) is 11.1 Å². The first-order chi connectivity index (χ1) is 14.6. The van der Waals surface area contributed by atoms with Crippen LogP contribution in [-0.4, -0.2) is 45.7 Å². The summed E-state index contributed by atoms with van der Waals surface area (Å²) in [7, 11) is 1.73. The molecule has 0 unspecified atom stereocenters. The van der Waals surface area contributed by atoms with Crippen molar-refractivity contribution in [3.8, 4) is 23.0 Å². The number of nitro groups is 1. The fourth-order valence-electron chi connectivity index (χ4n) is 2.64. The minimum absolute atomic E-state index is 0.0318. The summed E-state index contributed by atoms with van der Waals surface area (Å²) >= 11 is 0. The van der Waals surface area contributed by atoms with Gasteiger partial charge in [0.2, 0.25) is 0 Å². The number of nitrogens with zero attached hydrogens (tertiary/aromatic N) is 1. The third kappa shape index (κ3) is 7.30. The lowest BCUT2D eigenvalue weighted by molar-refractivity contribution is -0.385. The molecule has 0 spiro atoms. The number of benzene rings is 2. The van der Waals surface area contributed by atoms with Crippen molar-refractivity contribution in [1.82, 2.24) is 0 Å². The van der Waals surface area contributed by atoms with Crippen LogP contribution in [0, 0.1) is 10.1 Å². The van der Waals surface area contributed by atoms with Crippen molar-refractivity contribution in [2.75, 3.05) is 27.6 Å². The van der Waals surface area contributed by atoms with Gasteiger partial charge in [-0.3, -0.25) is 10.1 Å². The second kappa shape index (κ2) is 10.8. The van der Waals surface area contributed by atoms with Gasteiger partial charge in [0.05, 0.1) is 25.2 Å². The van der Waals surface area contributed by atoms with Crippen LogP contribution >= 0.6 is 0 Å². The van der Waals surface area contributed by atoms with E-state index in [9.17, 15) is 15.2 Å². The Morgan fingerprint density at radius 3 is 2.35 bits per heavy atom. The first-order valence-corrected chi connectivity index (χ1v) is 13.5. The molecular formula is C22H29NO7Si. The number of phenols is 1. The molecule has 2 aromatic rings. The van der Waals surface area contributed by atoms with Gasteiger partial charge in [0.1, 0.15) is 0 Å². The van der Waals surface area contributed by atoms with Gasteiger partial charge in [0.25, 0.3) is 5.69 Å². The molecule has 2 aromatic carbocycles. The Hall–Kier alpha value is -3.04. The molecule has 8 nitrogen and oxygen atoms in total. The van der Waals surface area contributed by atoms with Crippen LogP contribution in [0.5, 0.6) is 23.0 Å². The van der Waals surface area contributed by atoms with E-state index in [-0.39, 0.29) is 29.5 Å². The zero-order valence-electron chi connectivity index (χ0n) is 18.5. The monoisotopic (exact) mass is 447 g/mol. The van der Waals surface area contributed by atoms with E-state index >= 15 is 0 Å².